The van der Waals surface area contributed by atoms with Gasteiger partial charge in [-0.2, -0.15) is 0 Å². The van der Waals surface area contributed by atoms with Gasteiger partial charge >= 0.3 is 0 Å². The van der Waals surface area contributed by atoms with Crippen molar-refractivity contribution in [1.82, 2.24) is 4.90 Å². The summed E-state index contributed by atoms with van der Waals surface area (Å²) < 4.78 is 22.4. The fraction of sp³-hybridized carbons (Fsp3) is 0.480. The van der Waals surface area contributed by atoms with Gasteiger partial charge in [-0.3, -0.25) is 4.79 Å². The van der Waals surface area contributed by atoms with Gasteiger partial charge in [0.05, 0.1) is 40.0 Å². The molecule has 0 aliphatic carbocycles. The lowest BCUT2D eigenvalue weighted by atomic mass is 9.92. The summed E-state index contributed by atoms with van der Waals surface area (Å²) in [6.07, 6.45) is 0.891. The Morgan fingerprint density at radius 2 is 1.62 bits per heavy atom. The Morgan fingerprint density at radius 1 is 0.969 bits per heavy atom. The first kappa shape index (κ1) is 22.3. The molecule has 1 fully saturated rings. The number of anilines is 1. The molecule has 7 nitrogen and oxygen atoms in total. The normalized spacial score (nSPS) is 20.5. The van der Waals surface area contributed by atoms with Gasteiger partial charge in [0.2, 0.25) is 5.91 Å². The minimum atomic E-state index is -0.277. The van der Waals surface area contributed by atoms with Gasteiger partial charge in [-0.1, -0.05) is 0 Å². The molecule has 0 radical (unpaired) electrons. The second kappa shape index (κ2) is 9.69. The number of rotatable bonds is 6. The fourth-order valence-corrected chi connectivity index (χ4v) is 4.58. The molecule has 2 aromatic rings. The van der Waals surface area contributed by atoms with E-state index in [1.807, 2.05) is 36.1 Å². The van der Waals surface area contributed by atoms with Crippen LogP contribution < -0.4 is 19.1 Å². The highest BCUT2D eigenvalue weighted by atomic mass is 16.5. The summed E-state index contributed by atoms with van der Waals surface area (Å²) in [6.45, 7) is 5.06. The number of hydrogen-bond acceptors (Lipinski definition) is 6. The van der Waals surface area contributed by atoms with Crippen LogP contribution in [0.4, 0.5) is 5.69 Å². The van der Waals surface area contributed by atoms with Crippen LogP contribution in [0, 0.1) is 0 Å². The summed E-state index contributed by atoms with van der Waals surface area (Å²) in [6, 6.07) is 12.0. The van der Waals surface area contributed by atoms with Crippen molar-refractivity contribution in [2.45, 2.75) is 32.0 Å². The highest BCUT2D eigenvalue weighted by molar-refractivity contribution is 5.77. The summed E-state index contributed by atoms with van der Waals surface area (Å²) in [7, 11) is 4.93. The molecule has 0 saturated carbocycles. The topological polar surface area (TPSA) is 60.5 Å². The molecule has 2 heterocycles. The maximum atomic E-state index is 13.1. The number of benzene rings is 2. The molecule has 2 aliphatic heterocycles. The molecule has 4 rings (SSSR count). The Morgan fingerprint density at radius 3 is 2.25 bits per heavy atom. The van der Waals surface area contributed by atoms with Crippen LogP contribution in [0.5, 0.6) is 17.2 Å². The lowest BCUT2D eigenvalue weighted by molar-refractivity contribution is -0.136. The monoisotopic (exact) mass is 440 g/mol. The summed E-state index contributed by atoms with van der Waals surface area (Å²) >= 11 is 0. The van der Waals surface area contributed by atoms with Crippen molar-refractivity contribution in [3.63, 3.8) is 0 Å². The zero-order valence-corrected chi connectivity index (χ0v) is 19.3. The summed E-state index contributed by atoms with van der Waals surface area (Å²) in [5.41, 5.74) is 3.33. The maximum absolute atomic E-state index is 13.1. The Balaban J connectivity index is 1.41. The first-order valence-electron chi connectivity index (χ1n) is 11.1. The Kier molecular flexibility index (Phi) is 6.74. The van der Waals surface area contributed by atoms with E-state index < -0.39 is 0 Å². The van der Waals surface area contributed by atoms with Gasteiger partial charge in [0.15, 0.2) is 11.5 Å². The lowest BCUT2D eigenvalue weighted by Gasteiger charge is -2.37. The highest BCUT2D eigenvalue weighted by Crippen LogP contribution is 2.40. The molecule has 172 valence electrons. The Bertz CT molecular complexity index is 938. The van der Waals surface area contributed by atoms with Crippen molar-refractivity contribution in [2.24, 2.45) is 0 Å². The highest BCUT2D eigenvalue weighted by Gasteiger charge is 2.31. The van der Waals surface area contributed by atoms with Crippen molar-refractivity contribution in [1.29, 1.82) is 0 Å². The molecule has 2 aliphatic rings. The number of amides is 1. The largest absolute Gasteiger partial charge is 0.497 e. The van der Waals surface area contributed by atoms with Crippen LogP contribution in [0.3, 0.4) is 0 Å². The van der Waals surface area contributed by atoms with Crippen molar-refractivity contribution >= 4 is 11.6 Å². The van der Waals surface area contributed by atoms with Gasteiger partial charge in [-0.15, -0.1) is 0 Å². The van der Waals surface area contributed by atoms with E-state index in [-0.39, 0.29) is 18.1 Å². The van der Waals surface area contributed by atoms with Gasteiger partial charge in [0.1, 0.15) is 5.75 Å². The number of hydrogen-bond donors (Lipinski definition) is 0. The van der Waals surface area contributed by atoms with Crippen LogP contribution in [0.1, 0.15) is 30.6 Å². The minimum Gasteiger partial charge on any atom is -0.497 e. The maximum Gasteiger partial charge on any atom is 0.225 e. The molecule has 2 atom stereocenters. The summed E-state index contributed by atoms with van der Waals surface area (Å²) in [5.74, 6) is 2.34. The third-order valence-corrected chi connectivity index (χ3v) is 6.33. The number of nitrogens with zero attached hydrogens (tertiary/aromatic N) is 2. The van der Waals surface area contributed by atoms with Crippen molar-refractivity contribution in [2.75, 3.05) is 52.4 Å². The molecule has 0 bridgehead atoms. The third kappa shape index (κ3) is 4.63. The molecular formula is C25H32N2O5. The van der Waals surface area contributed by atoms with Crippen LogP contribution >= 0.6 is 0 Å². The van der Waals surface area contributed by atoms with E-state index in [0.717, 1.165) is 42.1 Å². The molecular weight excluding hydrogens is 408 g/mol. The number of carbonyl (C=O) groups excluding carboxylic acids is 1. The smallest absolute Gasteiger partial charge is 0.225 e. The molecule has 7 heteroatoms. The van der Waals surface area contributed by atoms with Crippen LogP contribution in [0.25, 0.3) is 0 Å². The molecule has 1 amide bonds. The second-order valence-corrected chi connectivity index (χ2v) is 8.32. The number of fused-ring (bicyclic) bond motifs is 1. The number of carbonyl (C=O) groups is 1. The zero-order chi connectivity index (χ0) is 22.7. The fourth-order valence-electron chi connectivity index (χ4n) is 4.58. The van der Waals surface area contributed by atoms with Crippen LogP contribution in [0.15, 0.2) is 36.4 Å². The van der Waals surface area contributed by atoms with E-state index in [4.69, 9.17) is 18.9 Å². The van der Waals surface area contributed by atoms with Gasteiger partial charge in [-0.05, 0) is 60.9 Å². The number of ether oxygens (including phenoxy) is 4. The Labute approximate surface area is 189 Å². The predicted octanol–water partition coefficient (Wildman–Crippen LogP) is 3.45. The molecule has 0 unspecified atom stereocenters. The molecule has 1 saturated heterocycles. The average molecular weight is 441 g/mol. The van der Waals surface area contributed by atoms with E-state index in [0.29, 0.717) is 31.0 Å². The third-order valence-electron chi connectivity index (χ3n) is 6.33. The lowest BCUT2D eigenvalue weighted by Crippen LogP contribution is -2.49. The van der Waals surface area contributed by atoms with E-state index in [1.54, 1.807) is 21.3 Å². The van der Waals surface area contributed by atoms with Crippen molar-refractivity contribution < 1.29 is 23.7 Å². The minimum absolute atomic E-state index is 0.0466. The van der Waals surface area contributed by atoms with Gasteiger partial charge < -0.3 is 28.7 Å². The molecule has 0 aromatic heterocycles. The van der Waals surface area contributed by atoms with Crippen molar-refractivity contribution in [3.05, 3.63) is 47.5 Å². The van der Waals surface area contributed by atoms with Crippen molar-refractivity contribution in [3.8, 4) is 17.2 Å². The van der Waals surface area contributed by atoms with Crippen LogP contribution in [-0.2, 0) is 16.0 Å². The molecule has 0 N–H and O–H groups in total. The van der Waals surface area contributed by atoms with Gasteiger partial charge in [0.25, 0.3) is 0 Å². The zero-order valence-electron chi connectivity index (χ0n) is 19.3. The van der Waals surface area contributed by atoms with Crippen LogP contribution in [-0.4, -0.2) is 64.4 Å². The first-order valence-corrected chi connectivity index (χ1v) is 11.1. The van der Waals surface area contributed by atoms with Gasteiger partial charge in [-0.25, -0.2) is 0 Å². The SMILES string of the molecule is COc1ccc(N2CCN(C(=O)C[C@H]3O[C@@H](C)Cc4cc(OC)c(OC)cc43)CC2)cc1. The van der Waals surface area contributed by atoms with Crippen LogP contribution in [0.2, 0.25) is 0 Å². The Hall–Kier alpha value is -2.93. The summed E-state index contributed by atoms with van der Waals surface area (Å²) in [4.78, 5) is 17.4. The predicted molar refractivity (Wildman–Crippen MR) is 123 cm³/mol. The van der Waals surface area contributed by atoms with E-state index in [1.165, 1.54) is 0 Å². The molecule has 32 heavy (non-hydrogen) atoms. The molecule has 0 spiro atoms. The second-order valence-electron chi connectivity index (χ2n) is 8.32. The quantitative estimate of drug-likeness (QED) is 0.686. The number of piperazine rings is 1. The number of methoxy groups -OCH3 is 3. The standard InChI is InChI=1S/C25H32N2O5/c1-17-13-18-14-23(30-3)24(31-4)15-21(18)22(32-17)16-25(28)27-11-9-26(10-12-27)19-5-7-20(29-2)8-6-19/h5-8,14-15,17,22H,9-13,16H2,1-4H3/t17-,22+/m0/s1. The van der Waals surface area contributed by atoms with E-state index in [9.17, 15) is 4.79 Å². The first-order chi connectivity index (χ1) is 15.5. The van der Waals surface area contributed by atoms with Gasteiger partial charge in [0, 0.05) is 31.9 Å². The average Bonchev–Trinajstić information content (AvgIpc) is 2.83. The summed E-state index contributed by atoms with van der Waals surface area (Å²) in [5, 5.41) is 0. The molecule has 2 aromatic carbocycles. The van der Waals surface area contributed by atoms with E-state index in [2.05, 4.69) is 17.0 Å². The van der Waals surface area contributed by atoms with E-state index >= 15 is 0 Å².